The molecule has 1 aliphatic carbocycles. The number of nitrogens with zero attached hydrogens (tertiary/aromatic N) is 2. The fraction of sp³-hybridized carbons (Fsp3) is 0.353. The highest BCUT2D eigenvalue weighted by molar-refractivity contribution is 5.92. The average Bonchev–Trinajstić information content (AvgIpc) is 2.92. The van der Waals surface area contributed by atoms with Crippen LogP contribution in [0.15, 0.2) is 40.7 Å². The molecule has 1 unspecified atom stereocenters. The summed E-state index contributed by atoms with van der Waals surface area (Å²) in [6.07, 6.45) is 2.84. The molecule has 6 heteroatoms. The van der Waals surface area contributed by atoms with E-state index in [1.54, 1.807) is 6.08 Å². The molecule has 1 aliphatic rings. The van der Waals surface area contributed by atoms with Crippen LogP contribution in [-0.4, -0.2) is 16.1 Å². The van der Waals surface area contributed by atoms with Gasteiger partial charge in [-0.3, -0.25) is 4.79 Å². The Morgan fingerprint density at radius 3 is 2.57 bits per heavy atom. The quantitative estimate of drug-likeness (QED) is 0.900. The highest BCUT2D eigenvalue weighted by Gasteiger charge is 2.23. The first-order chi connectivity index (χ1) is 11.0. The lowest BCUT2D eigenvalue weighted by Gasteiger charge is -2.23. The number of carbonyl (C=O) groups is 1. The van der Waals surface area contributed by atoms with Gasteiger partial charge in [-0.05, 0) is 39.7 Å². The molecule has 3 rings (SSSR count). The molecule has 23 heavy (non-hydrogen) atoms. The van der Waals surface area contributed by atoms with E-state index < -0.39 is 0 Å². The maximum absolute atomic E-state index is 12.0. The van der Waals surface area contributed by atoms with Gasteiger partial charge in [-0.2, -0.15) is 0 Å². The Kier molecular flexibility index (Phi) is 4.14. The van der Waals surface area contributed by atoms with Crippen LogP contribution in [0.3, 0.4) is 0 Å². The summed E-state index contributed by atoms with van der Waals surface area (Å²) < 4.78 is 4.56. The molecule has 120 valence electrons. The number of hydrogen-bond donors (Lipinski definition) is 2. The van der Waals surface area contributed by atoms with Crippen LogP contribution in [0, 0.1) is 0 Å². The van der Waals surface area contributed by atoms with Crippen LogP contribution in [-0.2, 0) is 4.79 Å². The van der Waals surface area contributed by atoms with Gasteiger partial charge in [0.15, 0.2) is 5.78 Å². The highest BCUT2D eigenvalue weighted by Crippen LogP contribution is 2.33. The van der Waals surface area contributed by atoms with Crippen LogP contribution < -0.4 is 11.1 Å². The molecule has 0 saturated carbocycles. The van der Waals surface area contributed by atoms with E-state index in [0.717, 1.165) is 12.1 Å². The minimum Gasteiger partial charge on any atom is -0.378 e. The third kappa shape index (κ3) is 3.41. The maximum Gasteiger partial charge on any atom is 0.219 e. The molecule has 2 aromatic rings. The second-order valence-corrected chi connectivity index (χ2v) is 6.19. The van der Waals surface area contributed by atoms with Crippen LogP contribution >= 0.6 is 0 Å². The van der Waals surface area contributed by atoms with Crippen molar-refractivity contribution in [3.63, 3.8) is 0 Å². The van der Waals surface area contributed by atoms with Gasteiger partial charge in [0.25, 0.3) is 0 Å². The van der Waals surface area contributed by atoms with Gasteiger partial charge in [-0.25, -0.2) is 4.63 Å². The van der Waals surface area contributed by atoms with Crippen molar-refractivity contribution in [1.82, 2.24) is 10.3 Å². The molecule has 0 fully saturated rings. The molecule has 0 bridgehead atoms. The smallest absolute Gasteiger partial charge is 0.219 e. The number of anilines is 2. The van der Waals surface area contributed by atoms with Gasteiger partial charge < -0.3 is 11.1 Å². The third-order valence-corrected chi connectivity index (χ3v) is 4.12. The molecular weight excluding hydrogens is 292 g/mol. The summed E-state index contributed by atoms with van der Waals surface area (Å²) in [5.41, 5.74) is 8.89. The van der Waals surface area contributed by atoms with Gasteiger partial charge in [0, 0.05) is 18.2 Å². The Morgan fingerprint density at radius 2 is 1.96 bits per heavy atom. The van der Waals surface area contributed by atoms with Crippen molar-refractivity contribution in [1.29, 1.82) is 0 Å². The maximum atomic E-state index is 12.0. The number of nitrogens with two attached hydrogens (primary N) is 1. The van der Waals surface area contributed by atoms with Gasteiger partial charge in [0.1, 0.15) is 0 Å². The Bertz CT molecular complexity index is 731. The molecule has 0 spiro atoms. The lowest BCUT2D eigenvalue weighted by atomic mass is 9.84. The van der Waals surface area contributed by atoms with Gasteiger partial charge in [-0.15, -0.1) is 0 Å². The van der Waals surface area contributed by atoms with E-state index in [9.17, 15) is 4.79 Å². The van der Waals surface area contributed by atoms with Crippen molar-refractivity contribution < 1.29 is 9.42 Å². The first-order valence-electron chi connectivity index (χ1n) is 7.71. The van der Waals surface area contributed by atoms with E-state index in [2.05, 4.69) is 58.4 Å². The summed E-state index contributed by atoms with van der Waals surface area (Å²) >= 11 is 0. The zero-order chi connectivity index (χ0) is 16.4. The average molecular weight is 312 g/mol. The molecule has 1 atom stereocenters. The molecule has 0 saturated heterocycles. The summed E-state index contributed by atoms with van der Waals surface area (Å²) in [4.78, 5) is 12.0. The summed E-state index contributed by atoms with van der Waals surface area (Å²) in [6, 6.07) is 8.50. The SMILES string of the molecule is CC(C)c1ccc(C2CC(=O)C=C(Nc3nonc3N)C2)cc1. The molecule has 1 heterocycles. The Morgan fingerprint density at radius 1 is 1.22 bits per heavy atom. The number of benzene rings is 1. The largest absolute Gasteiger partial charge is 0.378 e. The summed E-state index contributed by atoms with van der Waals surface area (Å²) in [5, 5.41) is 10.2. The molecule has 6 nitrogen and oxygen atoms in total. The lowest BCUT2D eigenvalue weighted by molar-refractivity contribution is -0.115. The topological polar surface area (TPSA) is 94.0 Å². The third-order valence-electron chi connectivity index (χ3n) is 4.12. The normalized spacial score (nSPS) is 18.1. The first kappa shape index (κ1) is 15.3. The van der Waals surface area contributed by atoms with Gasteiger partial charge >= 0.3 is 0 Å². The number of ketones is 1. The molecule has 3 N–H and O–H groups in total. The predicted octanol–water partition coefficient (Wildman–Crippen LogP) is 3.22. The minimum atomic E-state index is 0.0895. The van der Waals surface area contributed by atoms with Crippen molar-refractivity contribution in [2.24, 2.45) is 0 Å². The van der Waals surface area contributed by atoms with Crippen molar-refractivity contribution in [2.45, 2.75) is 38.5 Å². The molecular formula is C17H20N4O2. The van der Waals surface area contributed by atoms with Gasteiger partial charge in [0.2, 0.25) is 11.6 Å². The second kappa shape index (κ2) is 6.24. The van der Waals surface area contributed by atoms with E-state index in [4.69, 9.17) is 5.73 Å². The number of allylic oxidation sites excluding steroid dienone is 2. The number of aromatic nitrogens is 2. The zero-order valence-electron chi connectivity index (χ0n) is 13.2. The summed E-state index contributed by atoms with van der Waals surface area (Å²) in [7, 11) is 0. The van der Waals surface area contributed by atoms with Gasteiger partial charge in [0.05, 0.1) is 0 Å². The summed E-state index contributed by atoms with van der Waals surface area (Å²) in [6.45, 7) is 4.33. The molecule has 0 aliphatic heterocycles. The first-order valence-corrected chi connectivity index (χ1v) is 7.71. The van der Waals surface area contributed by atoms with E-state index in [1.807, 2.05) is 0 Å². The van der Waals surface area contributed by atoms with Gasteiger partial charge in [-0.1, -0.05) is 38.1 Å². The van der Waals surface area contributed by atoms with Crippen LogP contribution in [0.5, 0.6) is 0 Å². The number of hydrogen-bond acceptors (Lipinski definition) is 6. The van der Waals surface area contributed by atoms with E-state index in [1.165, 1.54) is 11.1 Å². The lowest BCUT2D eigenvalue weighted by Crippen LogP contribution is -2.17. The fourth-order valence-corrected chi connectivity index (χ4v) is 2.80. The number of nitrogen functional groups attached to an aromatic ring is 1. The van der Waals surface area contributed by atoms with Crippen molar-refractivity contribution in [3.8, 4) is 0 Å². The van der Waals surface area contributed by atoms with Crippen LogP contribution in [0.4, 0.5) is 11.6 Å². The van der Waals surface area contributed by atoms with E-state index in [-0.39, 0.29) is 17.5 Å². The zero-order valence-corrected chi connectivity index (χ0v) is 13.2. The second-order valence-electron chi connectivity index (χ2n) is 6.19. The molecule has 0 radical (unpaired) electrons. The van der Waals surface area contributed by atoms with Crippen molar-refractivity contribution in [3.05, 3.63) is 47.2 Å². The standard InChI is InChI=1S/C17H20N4O2/c1-10(2)11-3-5-12(6-4-11)13-7-14(9-15(22)8-13)19-17-16(18)20-23-21-17/h3-6,9-10,13H,7-8H2,1-2H3,(H2,18,20)(H,19,21). The van der Waals surface area contributed by atoms with Crippen LogP contribution in [0.1, 0.15) is 49.7 Å². The number of carbonyl (C=O) groups excluding carboxylic acids is 1. The highest BCUT2D eigenvalue weighted by atomic mass is 16.6. The van der Waals surface area contributed by atoms with Crippen LogP contribution in [0.25, 0.3) is 0 Å². The number of nitrogens with one attached hydrogen (secondary N) is 1. The number of rotatable bonds is 4. The van der Waals surface area contributed by atoms with Crippen molar-refractivity contribution in [2.75, 3.05) is 11.1 Å². The monoisotopic (exact) mass is 312 g/mol. The molecule has 1 aromatic heterocycles. The molecule has 1 aromatic carbocycles. The van der Waals surface area contributed by atoms with E-state index in [0.29, 0.717) is 18.2 Å². The van der Waals surface area contributed by atoms with Crippen LogP contribution in [0.2, 0.25) is 0 Å². The van der Waals surface area contributed by atoms with Crippen molar-refractivity contribution >= 4 is 17.4 Å². The predicted molar refractivity (Wildman–Crippen MR) is 87.9 cm³/mol. The minimum absolute atomic E-state index is 0.0895. The fourth-order valence-electron chi connectivity index (χ4n) is 2.80. The Labute approximate surface area is 134 Å². The Balaban J connectivity index is 1.76. The molecule has 0 amide bonds. The van der Waals surface area contributed by atoms with E-state index >= 15 is 0 Å². The summed E-state index contributed by atoms with van der Waals surface area (Å²) in [5.74, 6) is 1.27. The Hall–Kier alpha value is -2.63.